The molecule has 0 aliphatic carbocycles. The van der Waals surface area contributed by atoms with Crippen LogP contribution in [0.25, 0.3) is 22.9 Å². The molecule has 3 nitrogen and oxygen atoms in total. The third kappa shape index (κ3) is 5.14. The summed E-state index contributed by atoms with van der Waals surface area (Å²) in [5.41, 5.74) is 3.06. The summed E-state index contributed by atoms with van der Waals surface area (Å²) in [5.74, 6) is 0.834. The number of unbranched alkanes of at least 4 members (excludes halogenated alkanes) is 1. The maximum Gasteiger partial charge on any atom is 0.134 e. The van der Waals surface area contributed by atoms with Crippen LogP contribution in [-0.2, 0) is 0 Å². The highest BCUT2D eigenvalue weighted by Crippen LogP contribution is 2.31. The molecule has 0 saturated carbocycles. The van der Waals surface area contributed by atoms with Crippen molar-refractivity contribution in [2.45, 2.75) is 19.8 Å². The van der Waals surface area contributed by atoms with Gasteiger partial charge in [0.15, 0.2) is 0 Å². The minimum absolute atomic E-state index is 0.478. The van der Waals surface area contributed by atoms with Crippen LogP contribution in [0, 0.1) is 11.3 Å². The van der Waals surface area contributed by atoms with Crippen LogP contribution in [0.5, 0.6) is 5.75 Å². The van der Waals surface area contributed by atoms with Crippen molar-refractivity contribution in [2.75, 3.05) is 6.61 Å². The molecule has 0 amide bonds. The van der Waals surface area contributed by atoms with E-state index in [9.17, 15) is 5.26 Å². The third-order valence-corrected chi connectivity index (χ3v) is 5.64. The number of halogens is 2. The Morgan fingerprint density at radius 3 is 2.64 bits per heavy atom. The van der Waals surface area contributed by atoms with Gasteiger partial charge in [0.05, 0.1) is 27.9 Å². The van der Waals surface area contributed by atoms with Gasteiger partial charge in [-0.1, -0.05) is 54.7 Å². The average Bonchev–Trinajstić information content (AvgIpc) is 3.19. The van der Waals surface area contributed by atoms with Crippen LogP contribution in [0.1, 0.15) is 30.3 Å². The van der Waals surface area contributed by atoms with Crippen LogP contribution in [-0.4, -0.2) is 11.6 Å². The molecular formula is C22H18Cl2N2OS. The first-order valence-corrected chi connectivity index (χ1v) is 10.5. The van der Waals surface area contributed by atoms with Crippen molar-refractivity contribution in [1.29, 1.82) is 5.26 Å². The largest absolute Gasteiger partial charge is 0.494 e. The van der Waals surface area contributed by atoms with Gasteiger partial charge in [-0.05, 0) is 42.3 Å². The van der Waals surface area contributed by atoms with Gasteiger partial charge in [0.1, 0.15) is 16.8 Å². The second-order valence-electron chi connectivity index (χ2n) is 6.11. The lowest BCUT2D eigenvalue weighted by Crippen LogP contribution is -1.95. The van der Waals surface area contributed by atoms with Gasteiger partial charge in [-0.3, -0.25) is 0 Å². The molecule has 0 saturated heterocycles. The van der Waals surface area contributed by atoms with Gasteiger partial charge in [-0.15, -0.1) is 11.3 Å². The van der Waals surface area contributed by atoms with Crippen LogP contribution < -0.4 is 4.74 Å². The van der Waals surface area contributed by atoms with Gasteiger partial charge in [-0.25, -0.2) is 4.98 Å². The Morgan fingerprint density at radius 1 is 1.18 bits per heavy atom. The van der Waals surface area contributed by atoms with Crippen molar-refractivity contribution in [2.24, 2.45) is 0 Å². The molecular weight excluding hydrogens is 411 g/mol. The van der Waals surface area contributed by atoms with E-state index in [1.54, 1.807) is 12.1 Å². The Bertz CT molecular complexity index is 1020. The van der Waals surface area contributed by atoms with Gasteiger partial charge < -0.3 is 4.74 Å². The number of nitriles is 1. The van der Waals surface area contributed by atoms with E-state index >= 15 is 0 Å². The number of hydrogen-bond donors (Lipinski definition) is 0. The fraction of sp³-hybridized carbons (Fsp3) is 0.182. The van der Waals surface area contributed by atoms with E-state index in [1.165, 1.54) is 11.3 Å². The lowest BCUT2D eigenvalue weighted by atomic mass is 10.1. The summed E-state index contributed by atoms with van der Waals surface area (Å²) >= 11 is 13.5. The molecule has 1 heterocycles. The summed E-state index contributed by atoms with van der Waals surface area (Å²) in [5, 5.41) is 13.1. The van der Waals surface area contributed by atoms with Crippen LogP contribution in [0.2, 0.25) is 10.0 Å². The van der Waals surface area contributed by atoms with Gasteiger partial charge in [-0.2, -0.15) is 5.26 Å². The predicted molar refractivity (Wildman–Crippen MR) is 118 cm³/mol. The van der Waals surface area contributed by atoms with Crippen molar-refractivity contribution in [1.82, 2.24) is 4.98 Å². The summed E-state index contributed by atoms with van der Waals surface area (Å²) < 4.78 is 5.67. The Kier molecular flexibility index (Phi) is 7.11. The highest BCUT2D eigenvalue weighted by atomic mass is 35.5. The molecule has 3 aromatic rings. The Labute approximate surface area is 178 Å². The topological polar surface area (TPSA) is 45.9 Å². The van der Waals surface area contributed by atoms with Crippen LogP contribution in [0.3, 0.4) is 0 Å². The fourth-order valence-electron chi connectivity index (χ4n) is 2.49. The molecule has 0 fully saturated rings. The molecule has 0 N–H and O–H groups in total. The van der Waals surface area contributed by atoms with E-state index in [4.69, 9.17) is 27.9 Å². The summed E-state index contributed by atoms with van der Waals surface area (Å²) in [4.78, 5) is 4.59. The molecule has 6 heteroatoms. The monoisotopic (exact) mass is 428 g/mol. The minimum Gasteiger partial charge on any atom is -0.494 e. The summed E-state index contributed by atoms with van der Waals surface area (Å²) in [7, 11) is 0. The molecule has 0 unspecified atom stereocenters. The quantitative estimate of drug-likeness (QED) is 0.291. The molecule has 0 atom stereocenters. The molecule has 142 valence electrons. The van der Waals surface area contributed by atoms with Crippen LogP contribution >= 0.6 is 34.5 Å². The van der Waals surface area contributed by atoms with Crippen molar-refractivity contribution < 1.29 is 4.74 Å². The molecule has 0 radical (unpaired) electrons. The van der Waals surface area contributed by atoms with E-state index in [1.807, 2.05) is 41.8 Å². The molecule has 0 aliphatic heterocycles. The Morgan fingerprint density at radius 2 is 1.96 bits per heavy atom. The van der Waals surface area contributed by atoms with Crippen molar-refractivity contribution in [3.8, 4) is 23.1 Å². The normalized spacial score (nSPS) is 11.3. The average molecular weight is 429 g/mol. The first-order valence-electron chi connectivity index (χ1n) is 8.86. The molecule has 3 rings (SSSR count). The zero-order chi connectivity index (χ0) is 19.9. The second kappa shape index (κ2) is 9.75. The zero-order valence-electron chi connectivity index (χ0n) is 15.3. The highest BCUT2D eigenvalue weighted by Gasteiger charge is 2.10. The number of aromatic nitrogens is 1. The molecule has 28 heavy (non-hydrogen) atoms. The van der Waals surface area contributed by atoms with E-state index in [2.05, 4.69) is 18.0 Å². The van der Waals surface area contributed by atoms with Crippen molar-refractivity contribution >= 4 is 46.2 Å². The Hall–Kier alpha value is -2.32. The molecule has 1 aromatic heterocycles. The number of nitrogens with zero attached hydrogens (tertiary/aromatic N) is 2. The maximum absolute atomic E-state index is 9.58. The smallest absolute Gasteiger partial charge is 0.134 e. The first kappa shape index (κ1) is 20.4. The number of benzene rings is 2. The van der Waals surface area contributed by atoms with Crippen LogP contribution in [0.15, 0.2) is 47.8 Å². The van der Waals surface area contributed by atoms with Crippen LogP contribution in [0.4, 0.5) is 0 Å². The summed E-state index contributed by atoms with van der Waals surface area (Å²) in [6, 6.07) is 15.3. The number of hydrogen-bond acceptors (Lipinski definition) is 4. The minimum atomic E-state index is 0.478. The lowest BCUT2D eigenvalue weighted by Gasteiger charge is -2.05. The number of ether oxygens (including phenoxy) is 1. The SMILES string of the molecule is CCCCOc1ccc(/C=C(\C#N)c2nc(-c3ccc(Cl)c(Cl)c3)cs2)cc1. The molecule has 0 spiro atoms. The van der Waals surface area contributed by atoms with Gasteiger partial charge in [0, 0.05) is 10.9 Å². The van der Waals surface area contributed by atoms with Crippen molar-refractivity contribution in [3.63, 3.8) is 0 Å². The lowest BCUT2D eigenvalue weighted by molar-refractivity contribution is 0.309. The van der Waals surface area contributed by atoms with E-state index in [0.717, 1.165) is 35.4 Å². The van der Waals surface area contributed by atoms with Crippen molar-refractivity contribution in [3.05, 3.63) is 68.5 Å². The highest BCUT2D eigenvalue weighted by molar-refractivity contribution is 7.11. The Balaban J connectivity index is 1.79. The molecule has 2 aromatic carbocycles. The predicted octanol–water partition coefficient (Wildman–Crippen LogP) is 7.36. The summed E-state index contributed by atoms with van der Waals surface area (Å²) in [6.45, 7) is 2.85. The standard InChI is InChI=1S/C22H18Cl2N2OS/c1-2-3-10-27-18-7-4-15(5-8-18)11-17(13-25)22-26-21(14-28-22)16-6-9-19(23)20(24)12-16/h4-9,11-12,14H,2-3,10H2,1H3/b17-11+. The van der Waals surface area contributed by atoms with Gasteiger partial charge >= 0.3 is 0 Å². The molecule has 0 bridgehead atoms. The number of allylic oxidation sites excluding steroid dienone is 1. The first-order chi connectivity index (χ1) is 13.6. The van der Waals surface area contributed by atoms with Gasteiger partial charge in [0.2, 0.25) is 0 Å². The fourth-order valence-corrected chi connectivity index (χ4v) is 3.58. The third-order valence-electron chi connectivity index (χ3n) is 4.03. The van der Waals surface area contributed by atoms with Gasteiger partial charge in [0.25, 0.3) is 0 Å². The zero-order valence-corrected chi connectivity index (χ0v) is 17.6. The number of thiazole rings is 1. The maximum atomic E-state index is 9.58. The number of rotatable bonds is 7. The second-order valence-corrected chi connectivity index (χ2v) is 7.78. The van der Waals surface area contributed by atoms with E-state index in [-0.39, 0.29) is 0 Å². The van der Waals surface area contributed by atoms with E-state index in [0.29, 0.717) is 27.2 Å². The molecule has 0 aliphatic rings. The summed E-state index contributed by atoms with van der Waals surface area (Å²) in [6.07, 6.45) is 3.96. The van der Waals surface area contributed by atoms with E-state index < -0.39 is 0 Å².